The summed E-state index contributed by atoms with van der Waals surface area (Å²) in [5, 5.41) is 2.90. The van der Waals surface area contributed by atoms with E-state index in [4.69, 9.17) is 4.74 Å². The van der Waals surface area contributed by atoms with Crippen LogP contribution in [0.4, 0.5) is 5.69 Å². The number of methoxy groups -OCH3 is 1. The maximum absolute atomic E-state index is 12.3. The number of benzene rings is 1. The minimum absolute atomic E-state index is 0.0806. The van der Waals surface area contributed by atoms with E-state index in [9.17, 15) is 4.79 Å². The van der Waals surface area contributed by atoms with Crippen molar-refractivity contribution in [3.05, 3.63) is 71.8 Å². The van der Waals surface area contributed by atoms with Gasteiger partial charge in [0, 0.05) is 17.2 Å². The van der Waals surface area contributed by atoms with Crippen molar-refractivity contribution in [1.29, 1.82) is 0 Å². The Bertz CT molecular complexity index is 911. The van der Waals surface area contributed by atoms with Gasteiger partial charge in [0.1, 0.15) is 5.75 Å². The maximum Gasteiger partial charge on any atom is 0.256 e. The number of fused-ring (bicyclic) bond motifs is 2. The zero-order valence-electron chi connectivity index (χ0n) is 12.7. The van der Waals surface area contributed by atoms with Crippen LogP contribution in [0.25, 0.3) is 22.8 Å². The van der Waals surface area contributed by atoms with Gasteiger partial charge in [0.05, 0.1) is 12.8 Å². The first-order valence-electron chi connectivity index (χ1n) is 7.45. The summed E-state index contributed by atoms with van der Waals surface area (Å²) in [5.74, 6) is 0.652. The van der Waals surface area contributed by atoms with Crippen LogP contribution in [0.3, 0.4) is 0 Å². The van der Waals surface area contributed by atoms with E-state index in [2.05, 4.69) is 23.5 Å². The summed E-state index contributed by atoms with van der Waals surface area (Å²) in [5.41, 5.74) is 5.73. The van der Waals surface area contributed by atoms with Gasteiger partial charge in [0.25, 0.3) is 5.91 Å². The van der Waals surface area contributed by atoms with Gasteiger partial charge in [-0.05, 0) is 34.9 Å². The molecule has 0 fully saturated rings. The lowest BCUT2D eigenvalue weighted by atomic mass is 10.0. The third-order valence-corrected chi connectivity index (χ3v) is 4.13. The molecule has 112 valence electrons. The van der Waals surface area contributed by atoms with Crippen LogP contribution in [0.1, 0.15) is 11.1 Å². The second kappa shape index (κ2) is 5.29. The number of ether oxygens (including phenoxy) is 1. The summed E-state index contributed by atoms with van der Waals surface area (Å²) in [4.78, 5) is 12.3. The highest BCUT2D eigenvalue weighted by Gasteiger charge is 2.25. The molecule has 4 rings (SSSR count). The molecule has 0 spiro atoms. The van der Waals surface area contributed by atoms with E-state index in [1.165, 1.54) is 0 Å². The summed E-state index contributed by atoms with van der Waals surface area (Å²) in [6.07, 6.45) is 1.95. The van der Waals surface area contributed by atoms with E-state index in [1.54, 1.807) is 7.11 Å². The van der Waals surface area contributed by atoms with Crippen molar-refractivity contribution in [2.24, 2.45) is 0 Å². The molecule has 1 aliphatic heterocycles. The lowest BCUT2D eigenvalue weighted by Gasteiger charge is -2.03. The van der Waals surface area contributed by atoms with Crippen molar-refractivity contribution in [1.82, 2.24) is 0 Å². The monoisotopic (exact) mass is 301 g/mol. The number of hydrogen-bond donors (Lipinski definition) is 1. The van der Waals surface area contributed by atoms with Gasteiger partial charge in [-0.3, -0.25) is 4.79 Å². The number of nitrogens with one attached hydrogen (secondary N) is 1. The molecule has 0 radical (unpaired) electrons. The molecule has 1 N–H and O–H groups in total. The first kappa shape index (κ1) is 13.6. The van der Waals surface area contributed by atoms with Gasteiger partial charge < -0.3 is 10.1 Å². The Hall–Kier alpha value is -3.07. The molecule has 0 unspecified atom stereocenters. The highest BCUT2D eigenvalue weighted by atomic mass is 16.5. The minimum atomic E-state index is -0.0806. The van der Waals surface area contributed by atoms with E-state index < -0.39 is 0 Å². The molecule has 0 bridgehead atoms. The third-order valence-electron chi connectivity index (χ3n) is 4.13. The van der Waals surface area contributed by atoms with Crippen molar-refractivity contribution >= 4 is 23.2 Å². The quantitative estimate of drug-likeness (QED) is 0.717. The van der Waals surface area contributed by atoms with Crippen molar-refractivity contribution < 1.29 is 9.53 Å². The van der Waals surface area contributed by atoms with Crippen molar-refractivity contribution in [3.63, 3.8) is 0 Å². The van der Waals surface area contributed by atoms with E-state index in [-0.39, 0.29) is 5.91 Å². The number of rotatable bonds is 2. The molecule has 23 heavy (non-hydrogen) atoms. The van der Waals surface area contributed by atoms with E-state index in [1.807, 2.05) is 48.5 Å². The van der Waals surface area contributed by atoms with Gasteiger partial charge >= 0.3 is 0 Å². The molecule has 3 nitrogen and oxygen atoms in total. The lowest BCUT2D eigenvalue weighted by Crippen LogP contribution is -2.03. The first-order valence-corrected chi connectivity index (χ1v) is 7.45. The summed E-state index contributed by atoms with van der Waals surface area (Å²) < 4.78 is 5.21. The summed E-state index contributed by atoms with van der Waals surface area (Å²) >= 11 is 0. The van der Waals surface area contributed by atoms with Gasteiger partial charge in [0.15, 0.2) is 0 Å². The van der Waals surface area contributed by atoms with Gasteiger partial charge in [-0.15, -0.1) is 0 Å². The van der Waals surface area contributed by atoms with Crippen LogP contribution in [-0.4, -0.2) is 13.0 Å². The van der Waals surface area contributed by atoms with Gasteiger partial charge in [-0.2, -0.15) is 0 Å². The molecular weight excluding hydrogens is 286 g/mol. The molecule has 1 heterocycles. The Balaban J connectivity index is 1.82. The van der Waals surface area contributed by atoms with Gasteiger partial charge in [-0.25, -0.2) is 0 Å². The largest absolute Gasteiger partial charge is 0.497 e. The van der Waals surface area contributed by atoms with Crippen LogP contribution in [0, 0.1) is 0 Å². The van der Waals surface area contributed by atoms with Gasteiger partial charge in [0.2, 0.25) is 0 Å². The predicted octanol–water partition coefficient (Wildman–Crippen LogP) is 4.29. The third kappa shape index (κ3) is 2.27. The summed E-state index contributed by atoms with van der Waals surface area (Å²) in [7, 11) is 1.62. The fourth-order valence-corrected chi connectivity index (χ4v) is 2.96. The average molecular weight is 301 g/mol. The molecule has 2 aliphatic carbocycles. The highest BCUT2D eigenvalue weighted by Crippen LogP contribution is 2.37. The molecular formula is C20H15NO2. The molecule has 1 amide bonds. The predicted molar refractivity (Wildman–Crippen MR) is 92.6 cm³/mol. The zero-order chi connectivity index (χ0) is 15.8. The first-order chi connectivity index (χ1) is 11.3. The molecule has 1 aromatic rings. The lowest BCUT2D eigenvalue weighted by molar-refractivity contribution is -0.110. The number of anilines is 1. The van der Waals surface area contributed by atoms with Crippen LogP contribution in [0.15, 0.2) is 60.7 Å². The smallest absolute Gasteiger partial charge is 0.256 e. The van der Waals surface area contributed by atoms with Crippen LogP contribution in [0.5, 0.6) is 5.75 Å². The van der Waals surface area contributed by atoms with Crippen LogP contribution < -0.4 is 10.1 Å². The van der Waals surface area contributed by atoms with Crippen molar-refractivity contribution in [2.75, 3.05) is 12.4 Å². The van der Waals surface area contributed by atoms with Crippen LogP contribution in [-0.2, 0) is 4.79 Å². The number of hydrogen-bond acceptors (Lipinski definition) is 2. The van der Waals surface area contributed by atoms with Crippen molar-refractivity contribution in [2.45, 2.75) is 0 Å². The molecule has 0 atom stereocenters. The number of amides is 1. The van der Waals surface area contributed by atoms with E-state index in [0.29, 0.717) is 5.57 Å². The Labute approximate surface area is 134 Å². The fourth-order valence-electron chi connectivity index (χ4n) is 2.96. The average Bonchev–Trinajstić information content (AvgIpc) is 2.98. The molecule has 3 heteroatoms. The van der Waals surface area contributed by atoms with E-state index in [0.717, 1.165) is 33.7 Å². The number of carbonyl (C=O) groups excluding carboxylic acids is 1. The highest BCUT2D eigenvalue weighted by molar-refractivity contribution is 6.35. The van der Waals surface area contributed by atoms with Gasteiger partial charge in [-0.1, -0.05) is 42.5 Å². The molecule has 1 aromatic carbocycles. The standard InChI is InChI=1S/C20H15NO2/c1-23-15-9-10-17-18(20(22)21-19(17)12-15)11-14-8-7-13-5-3-2-4-6-16(13)14/h2-12H,1H3,(H,21,22)/b18-11+. The van der Waals surface area contributed by atoms with Crippen LogP contribution in [0.2, 0.25) is 0 Å². The van der Waals surface area contributed by atoms with E-state index >= 15 is 0 Å². The SMILES string of the molecule is COc1ccc2c(c1)NC(=O)/C2=C/c1ccc2cccccc1-2. The Morgan fingerprint density at radius 1 is 0.957 bits per heavy atom. The Morgan fingerprint density at radius 3 is 2.70 bits per heavy atom. The second-order valence-corrected chi connectivity index (χ2v) is 5.49. The normalized spacial score (nSPS) is 14.8. The fraction of sp³-hybridized carbons (Fsp3) is 0.0500. The Kier molecular flexibility index (Phi) is 3.12. The Morgan fingerprint density at radius 2 is 1.83 bits per heavy atom. The molecule has 0 saturated carbocycles. The summed E-state index contributed by atoms with van der Waals surface area (Å²) in [6, 6.07) is 19.9. The zero-order valence-corrected chi connectivity index (χ0v) is 12.7. The number of carbonyl (C=O) groups is 1. The topological polar surface area (TPSA) is 38.3 Å². The molecule has 0 aromatic heterocycles. The molecule has 0 saturated heterocycles. The maximum atomic E-state index is 12.3. The second-order valence-electron chi connectivity index (χ2n) is 5.49. The van der Waals surface area contributed by atoms with Crippen LogP contribution >= 0.6 is 0 Å². The molecule has 3 aliphatic rings. The van der Waals surface area contributed by atoms with Crippen molar-refractivity contribution in [3.8, 4) is 16.9 Å². The minimum Gasteiger partial charge on any atom is -0.497 e. The summed E-state index contributed by atoms with van der Waals surface area (Å²) in [6.45, 7) is 0.